The van der Waals surface area contributed by atoms with E-state index >= 15 is 0 Å². The highest BCUT2D eigenvalue weighted by Gasteiger charge is 2.17. The molecule has 0 saturated carbocycles. The van der Waals surface area contributed by atoms with Crippen LogP contribution in [0.15, 0.2) is 41.4 Å². The Hall–Kier alpha value is -1.86. The molecule has 2 aromatic rings. The maximum atomic E-state index is 12.3. The molecule has 2 N–H and O–H groups in total. The second kappa shape index (κ2) is 6.73. The van der Waals surface area contributed by atoms with Gasteiger partial charge < -0.3 is 5.32 Å². The Kier molecular flexibility index (Phi) is 4.98. The van der Waals surface area contributed by atoms with Gasteiger partial charge in [-0.25, -0.2) is 13.1 Å². The fourth-order valence-electron chi connectivity index (χ4n) is 1.92. The van der Waals surface area contributed by atoms with Gasteiger partial charge in [-0.15, -0.1) is 0 Å². The number of benzene rings is 1. The van der Waals surface area contributed by atoms with Crippen molar-refractivity contribution in [1.82, 2.24) is 14.5 Å². The summed E-state index contributed by atoms with van der Waals surface area (Å²) >= 11 is 0. The first-order valence-corrected chi connectivity index (χ1v) is 8.32. The van der Waals surface area contributed by atoms with Crippen LogP contribution in [-0.2, 0) is 23.6 Å². The minimum Gasteiger partial charge on any atom is -0.378 e. The van der Waals surface area contributed by atoms with Gasteiger partial charge in [-0.2, -0.15) is 5.10 Å². The Morgan fingerprint density at radius 1 is 1.24 bits per heavy atom. The van der Waals surface area contributed by atoms with Gasteiger partial charge >= 0.3 is 0 Å². The summed E-state index contributed by atoms with van der Waals surface area (Å²) in [5.41, 5.74) is 1.56. The molecule has 21 heavy (non-hydrogen) atoms. The number of sulfonamides is 1. The fraction of sp³-hybridized carbons (Fsp3) is 0.357. The Labute approximate surface area is 125 Å². The molecular formula is C14H20N4O2S. The van der Waals surface area contributed by atoms with Gasteiger partial charge in [0.25, 0.3) is 0 Å². The molecule has 1 aromatic heterocycles. The number of aryl methyl sites for hydroxylation is 1. The molecule has 0 saturated heterocycles. The Morgan fingerprint density at radius 2 is 2.00 bits per heavy atom. The van der Waals surface area contributed by atoms with Crippen LogP contribution in [-0.4, -0.2) is 24.7 Å². The lowest BCUT2D eigenvalue weighted by atomic mass is 10.3. The second-order valence-electron chi connectivity index (χ2n) is 4.69. The summed E-state index contributed by atoms with van der Waals surface area (Å²) in [6, 6.07) is 8.78. The molecular weight excluding hydrogens is 288 g/mol. The minimum absolute atomic E-state index is 0.264. The van der Waals surface area contributed by atoms with Crippen molar-refractivity contribution in [1.29, 1.82) is 0 Å². The Bertz CT molecular complexity index is 695. The van der Waals surface area contributed by atoms with Gasteiger partial charge in [0.1, 0.15) is 4.90 Å². The lowest BCUT2D eigenvalue weighted by Gasteiger charge is -2.13. The van der Waals surface area contributed by atoms with Gasteiger partial charge in [-0.1, -0.05) is 19.1 Å². The van der Waals surface area contributed by atoms with Crippen molar-refractivity contribution < 1.29 is 8.42 Å². The number of para-hydroxylation sites is 1. The number of aromatic nitrogens is 2. The summed E-state index contributed by atoms with van der Waals surface area (Å²) in [5, 5.41) is 7.25. The van der Waals surface area contributed by atoms with Crippen molar-refractivity contribution in [3.05, 3.63) is 42.2 Å². The molecule has 0 aliphatic rings. The van der Waals surface area contributed by atoms with Crippen LogP contribution in [0.4, 0.5) is 5.69 Å². The van der Waals surface area contributed by atoms with E-state index in [2.05, 4.69) is 15.1 Å². The fourth-order valence-corrected chi connectivity index (χ4v) is 3.24. The maximum Gasteiger partial charge on any atom is 0.242 e. The largest absolute Gasteiger partial charge is 0.378 e. The molecule has 0 unspecified atom stereocenters. The average Bonchev–Trinajstić information content (AvgIpc) is 2.88. The number of nitrogens with one attached hydrogen (secondary N) is 2. The highest BCUT2D eigenvalue weighted by Crippen LogP contribution is 2.21. The standard InChI is InChI=1S/C14H20N4O2S/c1-3-9-17-21(19,20)14-7-5-4-6-13(14)15-11-12-8-10-16-18(12)2/h4-8,10,15,17H,3,9,11H2,1-2H3. The van der Waals surface area contributed by atoms with E-state index in [1.807, 2.05) is 26.1 Å². The van der Waals surface area contributed by atoms with E-state index in [-0.39, 0.29) is 4.90 Å². The number of nitrogens with zero attached hydrogens (tertiary/aromatic N) is 2. The molecule has 1 heterocycles. The third kappa shape index (κ3) is 3.83. The highest BCUT2D eigenvalue weighted by molar-refractivity contribution is 7.89. The third-order valence-electron chi connectivity index (χ3n) is 3.10. The van der Waals surface area contributed by atoms with Crippen molar-refractivity contribution >= 4 is 15.7 Å². The van der Waals surface area contributed by atoms with Gasteiger partial charge in [-0.05, 0) is 24.6 Å². The van der Waals surface area contributed by atoms with E-state index in [1.54, 1.807) is 29.1 Å². The average molecular weight is 308 g/mol. The smallest absolute Gasteiger partial charge is 0.242 e. The molecule has 0 fully saturated rings. The van der Waals surface area contributed by atoms with Crippen LogP contribution >= 0.6 is 0 Å². The molecule has 7 heteroatoms. The third-order valence-corrected chi connectivity index (χ3v) is 4.62. The number of rotatable bonds is 7. The molecule has 6 nitrogen and oxygen atoms in total. The van der Waals surface area contributed by atoms with Crippen LogP contribution in [0, 0.1) is 0 Å². The van der Waals surface area contributed by atoms with Crippen LogP contribution in [0.5, 0.6) is 0 Å². The van der Waals surface area contributed by atoms with Crippen molar-refractivity contribution in [3.8, 4) is 0 Å². The first-order valence-electron chi connectivity index (χ1n) is 6.84. The van der Waals surface area contributed by atoms with Crippen LogP contribution in [0.1, 0.15) is 19.0 Å². The first kappa shape index (κ1) is 15.5. The lowest BCUT2D eigenvalue weighted by molar-refractivity contribution is 0.581. The Balaban J connectivity index is 2.19. The van der Waals surface area contributed by atoms with Crippen LogP contribution in [0.3, 0.4) is 0 Å². The monoisotopic (exact) mass is 308 g/mol. The predicted octanol–water partition coefficient (Wildman–Crippen LogP) is 1.72. The second-order valence-corrected chi connectivity index (χ2v) is 6.43. The molecule has 0 radical (unpaired) electrons. The normalized spacial score (nSPS) is 11.5. The summed E-state index contributed by atoms with van der Waals surface area (Å²) in [6.07, 6.45) is 2.46. The van der Waals surface area contributed by atoms with Gasteiger partial charge in [0.05, 0.1) is 17.9 Å². The van der Waals surface area contributed by atoms with Crippen molar-refractivity contribution in [2.75, 3.05) is 11.9 Å². The molecule has 0 spiro atoms. The topological polar surface area (TPSA) is 76.0 Å². The number of hydrogen-bond donors (Lipinski definition) is 2. The summed E-state index contributed by atoms with van der Waals surface area (Å²) in [6.45, 7) is 2.87. The molecule has 1 aromatic carbocycles. The maximum absolute atomic E-state index is 12.3. The molecule has 0 aliphatic carbocycles. The zero-order valence-electron chi connectivity index (χ0n) is 12.2. The lowest BCUT2D eigenvalue weighted by Crippen LogP contribution is -2.25. The van der Waals surface area contributed by atoms with Crippen LogP contribution in [0.25, 0.3) is 0 Å². The summed E-state index contributed by atoms with van der Waals surface area (Å²) < 4.78 is 28.9. The Morgan fingerprint density at radius 3 is 2.67 bits per heavy atom. The summed E-state index contributed by atoms with van der Waals surface area (Å²) in [5.74, 6) is 0. The van der Waals surface area contributed by atoms with Crippen LogP contribution in [0.2, 0.25) is 0 Å². The van der Waals surface area contributed by atoms with Gasteiger partial charge in [0, 0.05) is 19.8 Å². The highest BCUT2D eigenvalue weighted by atomic mass is 32.2. The van der Waals surface area contributed by atoms with Crippen molar-refractivity contribution in [2.45, 2.75) is 24.8 Å². The zero-order valence-corrected chi connectivity index (χ0v) is 13.0. The quantitative estimate of drug-likeness (QED) is 0.816. The molecule has 2 rings (SSSR count). The van der Waals surface area contributed by atoms with E-state index in [0.29, 0.717) is 18.8 Å². The van der Waals surface area contributed by atoms with Crippen molar-refractivity contribution in [3.63, 3.8) is 0 Å². The van der Waals surface area contributed by atoms with E-state index in [0.717, 1.165) is 12.1 Å². The zero-order chi connectivity index (χ0) is 15.3. The summed E-state index contributed by atoms with van der Waals surface area (Å²) in [7, 11) is -1.64. The van der Waals surface area contributed by atoms with E-state index in [4.69, 9.17) is 0 Å². The minimum atomic E-state index is -3.49. The van der Waals surface area contributed by atoms with E-state index in [1.165, 1.54) is 0 Å². The molecule has 0 atom stereocenters. The summed E-state index contributed by atoms with van der Waals surface area (Å²) in [4.78, 5) is 0.264. The molecule has 0 amide bonds. The molecule has 0 aliphatic heterocycles. The van der Waals surface area contributed by atoms with E-state index < -0.39 is 10.0 Å². The van der Waals surface area contributed by atoms with Crippen molar-refractivity contribution in [2.24, 2.45) is 7.05 Å². The molecule has 114 valence electrons. The number of hydrogen-bond acceptors (Lipinski definition) is 4. The van der Waals surface area contributed by atoms with Gasteiger partial charge in [0.2, 0.25) is 10.0 Å². The van der Waals surface area contributed by atoms with Gasteiger partial charge in [0.15, 0.2) is 0 Å². The van der Waals surface area contributed by atoms with Gasteiger partial charge in [-0.3, -0.25) is 4.68 Å². The van der Waals surface area contributed by atoms with Crippen LogP contribution < -0.4 is 10.0 Å². The number of anilines is 1. The SMILES string of the molecule is CCCNS(=O)(=O)c1ccccc1NCc1ccnn1C. The van der Waals surface area contributed by atoms with E-state index in [9.17, 15) is 8.42 Å². The first-order chi connectivity index (χ1) is 10.0. The molecule has 0 bridgehead atoms. The predicted molar refractivity (Wildman–Crippen MR) is 82.5 cm³/mol.